The van der Waals surface area contributed by atoms with Gasteiger partial charge in [-0.1, -0.05) is 121 Å². The fourth-order valence-electron chi connectivity index (χ4n) is 5.69. The van der Waals surface area contributed by atoms with Crippen LogP contribution in [0.5, 0.6) is 0 Å². The molecule has 5 rings (SSSR count). The highest BCUT2D eigenvalue weighted by atomic mass is 28.3. The van der Waals surface area contributed by atoms with Gasteiger partial charge < -0.3 is 4.90 Å². The molecule has 4 aromatic carbocycles. The molecule has 0 spiro atoms. The highest BCUT2D eigenvalue weighted by molar-refractivity contribution is 7.11. The van der Waals surface area contributed by atoms with E-state index in [1.54, 1.807) is 9.47 Å². The Hall–Kier alpha value is -3.96. The van der Waals surface area contributed by atoms with Gasteiger partial charge in [0.25, 0.3) is 14.1 Å². The smallest absolute Gasteiger partial charge is 0.304 e. The maximum atomic E-state index is 14.8. The standard InChI is InChI=1S/C31H30N2O2Si/c1-24(2)32-30(35)33(29(34)31(32,3)25-16-8-4-9-17-25)36(26-18-10-5-11-19-26,27-20-12-6-13-21-27)28-22-14-7-15-23-28/h4-24H,1-3H3. The second-order valence-electron chi connectivity index (χ2n) is 9.63. The predicted molar refractivity (Wildman–Crippen MR) is 147 cm³/mol. The molecule has 180 valence electrons. The van der Waals surface area contributed by atoms with Crippen LogP contribution in [0.1, 0.15) is 26.3 Å². The quantitative estimate of drug-likeness (QED) is 0.230. The molecule has 1 aliphatic heterocycles. The van der Waals surface area contributed by atoms with Gasteiger partial charge in [0.05, 0.1) is 0 Å². The topological polar surface area (TPSA) is 40.6 Å². The number of amides is 3. The number of rotatable bonds is 6. The van der Waals surface area contributed by atoms with Crippen LogP contribution in [0.15, 0.2) is 121 Å². The summed E-state index contributed by atoms with van der Waals surface area (Å²) >= 11 is 0. The van der Waals surface area contributed by atoms with Crippen molar-refractivity contribution in [3.05, 3.63) is 127 Å². The molecule has 0 radical (unpaired) electrons. The van der Waals surface area contributed by atoms with Gasteiger partial charge in [0.2, 0.25) is 0 Å². The van der Waals surface area contributed by atoms with E-state index >= 15 is 0 Å². The summed E-state index contributed by atoms with van der Waals surface area (Å²) in [7, 11) is -3.33. The number of hydrogen-bond acceptors (Lipinski definition) is 2. The van der Waals surface area contributed by atoms with Gasteiger partial charge >= 0.3 is 6.03 Å². The zero-order valence-corrected chi connectivity index (χ0v) is 21.8. The molecule has 5 heteroatoms. The average Bonchev–Trinajstić information content (AvgIpc) is 3.13. The van der Waals surface area contributed by atoms with E-state index in [0.717, 1.165) is 21.1 Å². The van der Waals surface area contributed by atoms with Crippen molar-refractivity contribution in [2.24, 2.45) is 0 Å². The van der Waals surface area contributed by atoms with Crippen LogP contribution >= 0.6 is 0 Å². The lowest BCUT2D eigenvalue weighted by Crippen LogP contribution is -2.78. The van der Waals surface area contributed by atoms with Crippen LogP contribution in [0.4, 0.5) is 4.79 Å². The predicted octanol–water partition coefficient (Wildman–Crippen LogP) is 4.24. The van der Waals surface area contributed by atoms with E-state index in [0.29, 0.717) is 0 Å². The summed E-state index contributed by atoms with van der Waals surface area (Å²) in [5, 5.41) is 2.97. The molecule has 0 saturated carbocycles. The number of benzene rings is 4. The Kier molecular flexibility index (Phi) is 6.10. The Labute approximate surface area is 213 Å². The fraction of sp³-hybridized carbons (Fsp3) is 0.161. The van der Waals surface area contributed by atoms with Crippen LogP contribution in [-0.4, -0.2) is 35.7 Å². The summed E-state index contributed by atoms with van der Waals surface area (Å²) < 4.78 is 1.64. The summed E-state index contributed by atoms with van der Waals surface area (Å²) in [5.41, 5.74) is -0.306. The lowest BCUT2D eigenvalue weighted by atomic mass is 9.90. The third kappa shape index (κ3) is 3.42. The number of imide groups is 1. The van der Waals surface area contributed by atoms with Crippen molar-refractivity contribution < 1.29 is 9.59 Å². The summed E-state index contributed by atoms with van der Waals surface area (Å²) in [5.74, 6) is -0.185. The molecular formula is C31H30N2O2Si. The number of urea groups is 1. The summed E-state index contributed by atoms with van der Waals surface area (Å²) in [6.45, 7) is 5.85. The number of hydrogen-bond donors (Lipinski definition) is 0. The first-order chi connectivity index (χ1) is 17.4. The first kappa shape index (κ1) is 23.8. The van der Waals surface area contributed by atoms with Crippen molar-refractivity contribution in [2.45, 2.75) is 32.4 Å². The van der Waals surface area contributed by atoms with Crippen molar-refractivity contribution in [1.29, 1.82) is 0 Å². The van der Waals surface area contributed by atoms with Crippen LogP contribution < -0.4 is 15.6 Å². The van der Waals surface area contributed by atoms with Gasteiger partial charge in [0, 0.05) is 6.04 Å². The Bertz CT molecular complexity index is 1260. The number of carbonyl (C=O) groups is 2. The molecule has 36 heavy (non-hydrogen) atoms. The van der Waals surface area contributed by atoms with Crippen molar-refractivity contribution >= 4 is 35.7 Å². The normalized spacial score (nSPS) is 18.2. The van der Waals surface area contributed by atoms with Gasteiger partial charge in [-0.25, -0.2) is 4.79 Å². The van der Waals surface area contributed by atoms with Crippen LogP contribution in [0.25, 0.3) is 0 Å². The maximum absolute atomic E-state index is 14.8. The monoisotopic (exact) mass is 490 g/mol. The van der Waals surface area contributed by atoms with E-state index in [4.69, 9.17) is 0 Å². The van der Waals surface area contributed by atoms with Gasteiger partial charge in [0.15, 0.2) is 0 Å². The fourth-order valence-corrected chi connectivity index (χ4v) is 10.4. The molecule has 1 aliphatic rings. The largest absolute Gasteiger partial charge is 0.320 e. The summed E-state index contributed by atoms with van der Waals surface area (Å²) in [4.78, 5) is 31.2. The molecule has 1 unspecified atom stereocenters. The van der Waals surface area contributed by atoms with E-state index in [1.165, 1.54) is 0 Å². The van der Waals surface area contributed by atoms with Gasteiger partial charge in [-0.15, -0.1) is 0 Å². The van der Waals surface area contributed by atoms with Crippen LogP contribution in [0.3, 0.4) is 0 Å². The highest BCUT2D eigenvalue weighted by Gasteiger charge is 2.64. The van der Waals surface area contributed by atoms with E-state index in [2.05, 4.69) is 36.4 Å². The zero-order chi connectivity index (χ0) is 25.3. The lowest BCUT2D eigenvalue weighted by Gasteiger charge is -2.39. The molecule has 0 bridgehead atoms. The summed E-state index contributed by atoms with van der Waals surface area (Å²) in [6, 6.07) is 39.5. The van der Waals surface area contributed by atoms with Crippen LogP contribution in [-0.2, 0) is 10.3 Å². The molecule has 0 aliphatic carbocycles. The van der Waals surface area contributed by atoms with E-state index < -0.39 is 13.8 Å². The average molecular weight is 491 g/mol. The van der Waals surface area contributed by atoms with Gasteiger partial charge in [-0.05, 0) is 41.9 Å². The molecule has 4 nitrogen and oxygen atoms in total. The Morgan fingerprint density at radius 1 is 0.611 bits per heavy atom. The summed E-state index contributed by atoms with van der Waals surface area (Å²) in [6.07, 6.45) is 0. The molecule has 0 aromatic heterocycles. The number of carbonyl (C=O) groups excluding carboxylic acids is 2. The SMILES string of the molecule is CC(C)N1C(=O)N([Si](c2ccccc2)(c2ccccc2)c2ccccc2)C(=O)C1(C)c1ccccc1. The second-order valence-corrected chi connectivity index (χ2v) is 13.2. The minimum absolute atomic E-state index is 0.175. The second kappa shape index (κ2) is 9.24. The van der Waals surface area contributed by atoms with Crippen molar-refractivity contribution in [3.8, 4) is 0 Å². The molecule has 4 aromatic rings. The van der Waals surface area contributed by atoms with Crippen molar-refractivity contribution in [2.75, 3.05) is 0 Å². The van der Waals surface area contributed by atoms with Gasteiger partial charge in [0.1, 0.15) is 5.54 Å². The lowest BCUT2D eigenvalue weighted by molar-refractivity contribution is -0.130. The minimum Gasteiger partial charge on any atom is -0.304 e. The third-order valence-corrected chi connectivity index (χ3v) is 11.8. The van der Waals surface area contributed by atoms with Crippen molar-refractivity contribution in [1.82, 2.24) is 9.47 Å². The third-order valence-electron chi connectivity index (χ3n) is 7.26. The molecule has 3 amide bonds. The van der Waals surface area contributed by atoms with Crippen molar-refractivity contribution in [3.63, 3.8) is 0 Å². The molecule has 1 heterocycles. The molecule has 1 atom stereocenters. The van der Waals surface area contributed by atoms with Crippen LogP contribution in [0.2, 0.25) is 0 Å². The van der Waals surface area contributed by atoms with Gasteiger partial charge in [-0.2, -0.15) is 0 Å². The Morgan fingerprint density at radius 3 is 1.33 bits per heavy atom. The maximum Gasteiger partial charge on any atom is 0.320 e. The molecule has 1 fully saturated rings. The van der Waals surface area contributed by atoms with Crippen LogP contribution in [0, 0.1) is 0 Å². The zero-order valence-electron chi connectivity index (χ0n) is 20.8. The van der Waals surface area contributed by atoms with E-state index in [1.807, 2.05) is 106 Å². The first-order valence-corrected chi connectivity index (χ1v) is 14.3. The molecule has 0 N–H and O–H groups in total. The minimum atomic E-state index is -3.33. The molecule has 1 saturated heterocycles. The number of nitrogens with zero attached hydrogens (tertiary/aromatic N) is 2. The van der Waals surface area contributed by atoms with E-state index in [9.17, 15) is 9.59 Å². The Morgan fingerprint density at radius 2 is 0.972 bits per heavy atom. The molecular weight excluding hydrogens is 460 g/mol. The van der Waals surface area contributed by atoms with E-state index in [-0.39, 0.29) is 18.0 Å². The highest BCUT2D eigenvalue weighted by Crippen LogP contribution is 2.40. The Balaban J connectivity index is 1.88. The first-order valence-electron chi connectivity index (χ1n) is 12.3. The van der Waals surface area contributed by atoms with Gasteiger partial charge in [-0.3, -0.25) is 9.36 Å².